The number of amides is 1. The van der Waals surface area contributed by atoms with Gasteiger partial charge in [0.05, 0.1) is 18.0 Å². The molecule has 0 radical (unpaired) electrons. The SMILES string of the molecule is O=C(COC1CCCCC1)Nc1ccncc1F. The molecular weight excluding hydrogens is 235 g/mol. The van der Waals surface area contributed by atoms with Crippen molar-refractivity contribution in [3.8, 4) is 0 Å². The number of carbonyl (C=O) groups excluding carboxylic acids is 1. The minimum absolute atomic E-state index is 0.0214. The second kappa shape index (κ2) is 6.44. The largest absolute Gasteiger partial charge is 0.368 e. The van der Waals surface area contributed by atoms with Gasteiger partial charge < -0.3 is 10.1 Å². The van der Waals surface area contributed by atoms with Crippen LogP contribution >= 0.6 is 0 Å². The quantitative estimate of drug-likeness (QED) is 0.895. The Hall–Kier alpha value is -1.49. The van der Waals surface area contributed by atoms with Crippen molar-refractivity contribution in [2.24, 2.45) is 0 Å². The van der Waals surface area contributed by atoms with Crippen molar-refractivity contribution >= 4 is 11.6 Å². The van der Waals surface area contributed by atoms with Crippen LogP contribution in [0.1, 0.15) is 32.1 Å². The molecule has 98 valence electrons. The second-order valence-electron chi connectivity index (χ2n) is 4.47. The summed E-state index contributed by atoms with van der Waals surface area (Å²) in [6.45, 7) is -0.0214. The first-order chi connectivity index (χ1) is 8.75. The van der Waals surface area contributed by atoms with E-state index in [-0.39, 0.29) is 24.3 Å². The molecule has 1 aliphatic carbocycles. The van der Waals surface area contributed by atoms with Crippen molar-refractivity contribution in [2.45, 2.75) is 38.2 Å². The van der Waals surface area contributed by atoms with E-state index >= 15 is 0 Å². The minimum Gasteiger partial charge on any atom is -0.368 e. The van der Waals surface area contributed by atoms with Crippen LogP contribution in [-0.2, 0) is 9.53 Å². The van der Waals surface area contributed by atoms with Crippen molar-refractivity contribution < 1.29 is 13.9 Å². The Bertz CT molecular complexity index is 406. The average molecular weight is 252 g/mol. The van der Waals surface area contributed by atoms with E-state index in [9.17, 15) is 9.18 Å². The van der Waals surface area contributed by atoms with E-state index in [1.807, 2.05) is 0 Å². The normalized spacial score (nSPS) is 16.5. The number of halogens is 1. The van der Waals surface area contributed by atoms with Crippen LogP contribution in [0.3, 0.4) is 0 Å². The summed E-state index contributed by atoms with van der Waals surface area (Å²) in [5.74, 6) is -0.866. The first-order valence-corrected chi connectivity index (χ1v) is 6.26. The van der Waals surface area contributed by atoms with Gasteiger partial charge in [0.1, 0.15) is 6.61 Å². The molecule has 0 aromatic carbocycles. The van der Waals surface area contributed by atoms with Gasteiger partial charge in [-0.1, -0.05) is 19.3 Å². The van der Waals surface area contributed by atoms with Gasteiger partial charge in [-0.3, -0.25) is 9.78 Å². The van der Waals surface area contributed by atoms with E-state index in [4.69, 9.17) is 4.74 Å². The van der Waals surface area contributed by atoms with Crippen molar-refractivity contribution in [3.63, 3.8) is 0 Å². The highest BCUT2D eigenvalue weighted by atomic mass is 19.1. The predicted molar refractivity (Wildman–Crippen MR) is 65.6 cm³/mol. The molecule has 1 N–H and O–H groups in total. The number of nitrogens with zero attached hydrogens (tertiary/aromatic N) is 1. The van der Waals surface area contributed by atoms with Crippen LogP contribution in [-0.4, -0.2) is 23.6 Å². The number of hydrogen-bond donors (Lipinski definition) is 1. The number of aromatic nitrogens is 1. The molecule has 0 saturated heterocycles. The maximum atomic E-state index is 13.2. The standard InChI is InChI=1S/C13H17FN2O2/c14-11-8-15-7-6-12(11)16-13(17)9-18-10-4-2-1-3-5-10/h6-8,10H,1-5,9H2,(H,15,16,17). The third-order valence-corrected chi connectivity index (χ3v) is 3.05. The van der Waals surface area contributed by atoms with Crippen molar-refractivity contribution in [2.75, 3.05) is 11.9 Å². The van der Waals surface area contributed by atoms with Crippen LogP contribution in [0.5, 0.6) is 0 Å². The van der Waals surface area contributed by atoms with E-state index in [1.165, 1.54) is 18.7 Å². The molecule has 1 heterocycles. The molecule has 1 aliphatic rings. The number of anilines is 1. The number of nitrogens with one attached hydrogen (secondary N) is 1. The number of carbonyl (C=O) groups is 1. The number of hydrogen-bond acceptors (Lipinski definition) is 3. The van der Waals surface area contributed by atoms with Gasteiger partial charge in [-0.2, -0.15) is 0 Å². The average Bonchev–Trinajstić information content (AvgIpc) is 2.40. The van der Waals surface area contributed by atoms with Gasteiger partial charge in [0.2, 0.25) is 5.91 Å². The van der Waals surface area contributed by atoms with Crippen molar-refractivity contribution in [1.29, 1.82) is 0 Å². The molecule has 1 aromatic rings. The van der Waals surface area contributed by atoms with Crippen LogP contribution in [0.2, 0.25) is 0 Å². The lowest BCUT2D eigenvalue weighted by molar-refractivity contribution is -0.123. The predicted octanol–water partition coefficient (Wildman–Crippen LogP) is 2.51. The van der Waals surface area contributed by atoms with E-state index in [2.05, 4.69) is 10.3 Å². The first kappa shape index (κ1) is 13.0. The zero-order valence-electron chi connectivity index (χ0n) is 10.2. The molecule has 1 aromatic heterocycles. The summed E-state index contributed by atoms with van der Waals surface area (Å²) in [6.07, 6.45) is 8.25. The van der Waals surface area contributed by atoms with E-state index in [1.54, 1.807) is 0 Å². The lowest BCUT2D eigenvalue weighted by atomic mass is 9.98. The summed E-state index contributed by atoms with van der Waals surface area (Å²) in [5, 5.41) is 2.47. The Morgan fingerprint density at radius 3 is 2.94 bits per heavy atom. The third kappa shape index (κ3) is 3.77. The van der Waals surface area contributed by atoms with Crippen molar-refractivity contribution in [1.82, 2.24) is 4.98 Å². The molecule has 0 spiro atoms. The fourth-order valence-corrected chi connectivity index (χ4v) is 2.09. The van der Waals surface area contributed by atoms with Gasteiger partial charge in [0.25, 0.3) is 0 Å². The maximum absolute atomic E-state index is 13.2. The zero-order chi connectivity index (χ0) is 12.8. The lowest BCUT2D eigenvalue weighted by Gasteiger charge is -2.21. The fraction of sp³-hybridized carbons (Fsp3) is 0.538. The molecule has 2 rings (SSSR count). The number of ether oxygens (including phenoxy) is 1. The van der Waals surface area contributed by atoms with Crippen molar-refractivity contribution in [3.05, 3.63) is 24.3 Å². The molecular formula is C13H17FN2O2. The first-order valence-electron chi connectivity index (χ1n) is 6.26. The molecule has 1 saturated carbocycles. The summed E-state index contributed by atoms with van der Waals surface area (Å²) in [7, 11) is 0. The van der Waals surface area contributed by atoms with Crippen LogP contribution in [0.15, 0.2) is 18.5 Å². The van der Waals surface area contributed by atoms with Gasteiger partial charge in [-0.05, 0) is 18.9 Å². The smallest absolute Gasteiger partial charge is 0.250 e. The van der Waals surface area contributed by atoms with Gasteiger partial charge in [0, 0.05) is 6.20 Å². The molecule has 0 atom stereocenters. The fourth-order valence-electron chi connectivity index (χ4n) is 2.09. The monoisotopic (exact) mass is 252 g/mol. The van der Waals surface area contributed by atoms with Gasteiger partial charge in [0.15, 0.2) is 5.82 Å². The van der Waals surface area contributed by atoms with E-state index in [0.29, 0.717) is 0 Å². The Kier molecular flexibility index (Phi) is 4.64. The van der Waals surface area contributed by atoms with Gasteiger partial charge in [-0.15, -0.1) is 0 Å². The molecule has 0 aliphatic heterocycles. The minimum atomic E-state index is -0.538. The van der Waals surface area contributed by atoms with Crippen LogP contribution in [0.4, 0.5) is 10.1 Å². The van der Waals surface area contributed by atoms with E-state index < -0.39 is 5.82 Å². The Labute approximate surface area is 106 Å². The van der Waals surface area contributed by atoms with Crippen LogP contribution in [0, 0.1) is 5.82 Å². The van der Waals surface area contributed by atoms with E-state index in [0.717, 1.165) is 31.9 Å². The van der Waals surface area contributed by atoms with Gasteiger partial charge in [-0.25, -0.2) is 4.39 Å². The molecule has 18 heavy (non-hydrogen) atoms. The zero-order valence-corrected chi connectivity index (χ0v) is 10.2. The molecule has 4 nitrogen and oxygen atoms in total. The summed E-state index contributed by atoms with van der Waals surface area (Å²) < 4.78 is 18.7. The maximum Gasteiger partial charge on any atom is 0.250 e. The number of pyridine rings is 1. The Morgan fingerprint density at radius 1 is 1.44 bits per heavy atom. The highest BCUT2D eigenvalue weighted by Crippen LogP contribution is 2.20. The number of rotatable bonds is 4. The highest BCUT2D eigenvalue weighted by molar-refractivity contribution is 5.91. The summed E-state index contributed by atoms with van der Waals surface area (Å²) in [6, 6.07) is 1.42. The van der Waals surface area contributed by atoms with Crippen LogP contribution < -0.4 is 5.32 Å². The van der Waals surface area contributed by atoms with Gasteiger partial charge >= 0.3 is 0 Å². The Morgan fingerprint density at radius 2 is 2.22 bits per heavy atom. The highest BCUT2D eigenvalue weighted by Gasteiger charge is 2.15. The molecule has 5 heteroatoms. The molecule has 1 fully saturated rings. The van der Waals surface area contributed by atoms with Crippen LogP contribution in [0.25, 0.3) is 0 Å². The summed E-state index contributed by atoms with van der Waals surface area (Å²) in [5.41, 5.74) is 0.141. The second-order valence-corrected chi connectivity index (χ2v) is 4.47. The lowest BCUT2D eigenvalue weighted by Crippen LogP contribution is -2.25. The molecule has 1 amide bonds. The Balaban J connectivity index is 1.76. The third-order valence-electron chi connectivity index (χ3n) is 3.05. The summed E-state index contributed by atoms with van der Waals surface area (Å²) in [4.78, 5) is 15.2. The molecule has 0 bridgehead atoms. The summed E-state index contributed by atoms with van der Waals surface area (Å²) >= 11 is 0. The topological polar surface area (TPSA) is 51.2 Å². The molecule has 0 unspecified atom stereocenters.